The van der Waals surface area contributed by atoms with E-state index in [1.54, 1.807) is 0 Å². The van der Waals surface area contributed by atoms with Crippen LogP contribution in [0.5, 0.6) is 0 Å². The molecule has 29 heavy (non-hydrogen) atoms. The van der Waals surface area contributed by atoms with Crippen molar-refractivity contribution in [1.29, 1.82) is 0 Å². The zero-order valence-electron chi connectivity index (χ0n) is 18.2. The summed E-state index contributed by atoms with van der Waals surface area (Å²) in [5.41, 5.74) is -0.216. The monoisotopic (exact) mass is 414 g/mol. The highest BCUT2D eigenvalue weighted by Crippen LogP contribution is 2.68. The van der Waals surface area contributed by atoms with Crippen molar-refractivity contribution in [3.05, 3.63) is 0 Å². The van der Waals surface area contributed by atoms with Crippen LogP contribution in [-0.4, -0.2) is 40.1 Å². The van der Waals surface area contributed by atoms with E-state index in [0.29, 0.717) is 18.8 Å². The number of aliphatic hydroxyl groups excluding tert-OH is 3. The molecule has 4 saturated carbocycles. The summed E-state index contributed by atoms with van der Waals surface area (Å²) in [5, 5.41) is 32.9. The van der Waals surface area contributed by atoms with E-state index in [1.807, 2.05) is 0 Å². The molecule has 4 aliphatic rings. The molecule has 3 nitrogen and oxygen atoms in total. The fourth-order valence-corrected chi connectivity index (χ4v) is 8.72. The van der Waals surface area contributed by atoms with E-state index in [0.717, 1.165) is 38.5 Å². The lowest BCUT2D eigenvalue weighted by Crippen LogP contribution is -2.62. The van der Waals surface area contributed by atoms with Crippen LogP contribution in [0.25, 0.3) is 0 Å². The normalized spacial score (nSPS) is 53.3. The molecule has 0 unspecified atom stereocenters. The van der Waals surface area contributed by atoms with E-state index in [2.05, 4.69) is 20.8 Å². The highest BCUT2D eigenvalue weighted by Gasteiger charge is 2.65. The summed E-state index contributed by atoms with van der Waals surface area (Å²) >= 11 is 0. The van der Waals surface area contributed by atoms with E-state index in [4.69, 9.17) is 0 Å². The van der Waals surface area contributed by atoms with E-state index in [-0.39, 0.29) is 59.0 Å². The van der Waals surface area contributed by atoms with Gasteiger partial charge < -0.3 is 15.3 Å². The van der Waals surface area contributed by atoms with Gasteiger partial charge in [-0.2, -0.15) is 0 Å². The first-order chi connectivity index (χ1) is 13.6. The molecule has 0 amide bonds. The van der Waals surface area contributed by atoms with E-state index in [9.17, 15) is 24.1 Å². The Morgan fingerprint density at radius 2 is 1.66 bits per heavy atom. The number of alkyl halides is 2. The lowest BCUT2D eigenvalue weighted by molar-refractivity contribution is -0.207. The molecular formula is C24H40F2O3. The fourth-order valence-electron chi connectivity index (χ4n) is 8.72. The highest BCUT2D eigenvalue weighted by atomic mass is 19.3. The van der Waals surface area contributed by atoms with Crippen LogP contribution in [0.2, 0.25) is 0 Å². The molecule has 3 N–H and O–H groups in total. The van der Waals surface area contributed by atoms with Crippen molar-refractivity contribution in [2.45, 2.75) is 103 Å². The zero-order chi connectivity index (χ0) is 21.1. The molecule has 0 spiro atoms. The zero-order valence-corrected chi connectivity index (χ0v) is 18.2. The average Bonchev–Trinajstić information content (AvgIpc) is 3.01. The smallest absolute Gasteiger partial charge is 0.238 e. The molecule has 168 valence electrons. The number of rotatable bonds is 4. The molecule has 0 aromatic carbocycles. The summed E-state index contributed by atoms with van der Waals surface area (Å²) in [5.74, 6) is 1.46. The standard InChI is InChI=1S/C24H40F2O3/c1-13(4-7-21(25)26)16-5-6-17-22-18(12-20(29)24(16,17)3)23(2)9-8-15(27)10-14(23)11-19(22)28/h13-22,27-29H,4-12H2,1-3H3/t13-,14+,15-,16-,17+,18+,19-,20+,22+,23+,24-/m1/s1. The van der Waals surface area contributed by atoms with Crippen molar-refractivity contribution >= 4 is 0 Å². The third-order valence-corrected chi connectivity index (χ3v) is 10.4. The number of aliphatic hydroxyl groups is 3. The van der Waals surface area contributed by atoms with Crippen molar-refractivity contribution in [3.8, 4) is 0 Å². The summed E-state index contributed by atoms with van der Waals surface area (Å²) in [6.07, 6.45) is 3.06. The molecule has 4 aliphatic carbocycles. The van der Waals surface area contributed by atoms with Gasteiger partial charge in [-0.15, -0.1) is 0 Å². The Bertz CT molecular complexity index is 601. The van der Waals surface area contributed by atoms with Gasteiger partial charge in [-0.1, -0.05) is 20.8 Å². The van der Waals surface area contributed by atoms with E-state index < -0.39 is 12.5 Å². The van der Waals surface area contributed by atoms with Crippen molar-refractivity contribution in [2.75, 3.05) is 0 Å². The Balaban J connectivity index is 1.60. The topological polar surface area (TPSA) is 60.7 Å². The van der Waals surface area contributed by atoms with Gasteiger partial charge in [0, 0.05) is 6.42 Å². The molecule has 0 aliphatic heterocycles. The maximum Gasteiger partial charge on any atom is 0.238 e. The van der Waals surface area contributed by atoms with Crippen molar-refractivity contribution in [1.82, 2.24) is 0 Å². The lowest BCUT2D eigenvalue weighted by Gasteiger charge is -2.63. The van der Waals surface area contributed by atoms with Crippen LogP contribution in [-0.2, 0) is 0 Å². The minimum absolute atomic E-state index is 0.0642. The maximum atomic E-state index is 12.8. The molecule has 0 heterocycles. The highest BCUT2D eigenvalue weighted by molar-refractivity contribution is 5.14. The molecule has 4 fully saturated rings. The largest absolute Gasteiger partial charge is 0.393 e. The van der Waals surface area contributed by atoms with Gasteiger partial charge in [0.15, 0.2) is 0 Å². The van der Waals surface area contributed by atoms with Gasteiger partial charge in [0.1, 0.15) is 0 Å². The second-order valence-corrected chi connectivity index (χ2v) is 11.5. The summed E-state index contributed by atoms with van der Waals surface area (Å²) < 4.78 is 25.6. The van der Waals surface area contributed by atoms with Crippen LogP contribution < -0.4 is 0 Å². The predicted octanol–water partition coefficient (Wildman–Crippen LogP) is 4.63. The Labute approximate surface area is 174 Å². The summed E-state index contributed by atoms with van der Waals surface area (Å²) in [6, 6.07) is 0. The first kappa shape index (κ1) is 22.0. The summed E-state index contributed by atoms with van der Waals surface area (Å²) in [6.45, 7) is 6.59. The maximum absolute atomic E-state index is 12.8. The third kappa shape index (κ3) is 3.38. The molecule has 11 atom stereocenters. The molecule has 0 radical (unpaired) electrons. The molecular weight excluding hydrogens is 374 g/mol. The molecule has 0 aromatic rings. The van der Waals surface area contributed by atoms with Crippen LogP contribution in [0.3, 0.4) is 0 Å². The first-order valence-corrected chi connectivity index (χ1v) is 11.9. The molecule has 5 heteroatoms. The Morgan fingerprint density at radius 1 is 0.931 bits per heavy atom. The second kappa shape index (κ2) is 7.70. The first-order valence-electron chi connectivity index (χ1n) is 11.9. The Hall–Kier alpha value is -0.260. The second-order valence-electron chi connectivity index (χ2n) is 11.5. The predicted molar refractivity (Wildman–Crippen MR) is 108 cm³/mol. The van der Waals surface area contributed by atoms with Crippen LogP contribution in [0.1, 0.15) is 78.6 Å². The van der Waals surface area contributed by atoms with Gasteiger partial charge in [-0.05, 0) is 97.7 Å². The third-order valence-electron chi connectivity index (χ3n) is 10.4. The van der Waals surface area contributed by atoms with Gasteiger partial charge in [0.2, 0.25) is 6.43 Å². The van der Waals surface area contributed by atoms with Crippen LogP contribution >= 0.6 is 0 Å². The van der Waals surface area contributed by atoms with Gasteiger partial charge in [-0.25, -0.2) is 8.78 Å². The SMILES string of the molecule is C[C@H](CCC(F)F)[C@H]1CC[C@H]2[C@@H]3[C@H](O)C[C@@H]4C[C@H](O)CC[C@]4(C)[C@H]3C[C@H](O)[C@]12C. The fraction of sp³-hybridized carbons (Fsp3) is 1.00. The minimum Gasteiger partial charge on any atom is -0.393 e. The van der Waals surface area contributed by atoms with Crippen molar-refractivity contribution in [2.24, 2.45) is 46.3 Å². The van der Waals surface area contributed by atoms with Crippen LogP contribution in [0.15, 0.2) is 0 Å². The van der Waals surface area contributed by atoms with Crippen molar-refractivity contribution in [3.63, 3.8) is 0 Å². The lowest BCUT2D eigenvalue weighted by atomic mass is 9.43. The molecule has 0 saturated heterocycles. The van der Waals surface area contributed by atoms with Crippen LogP contribution in [0.4, 0.5) is 8.78 Å². The summed E-state index contributed by atoms with van der Waals surface area (Å²) in [7, 11) is 0. The number of halogens is 2. The van der Waals surface area contributed by atoms with Crippen molar-refractivity contribution < 1.29 is 24.1 Å². The molecule has 0 aromatic heterocycles. The quantitative estimate of drug-likeness (QED) is 0.629. The van der Waals surface area contributed by atoms with Gasteiger partial charge >= 0.3 is 0 Å². The molecule has 4 rings (SSSR count). The number of fused-ring (bicyclic) bond motifs is 5. The van der Waals surface area contributed by atoms with Gasteiger partial charge in [0.05, 0.1) is 18.3 Å². The minimum atomic E-state index is -2.26. The summed E-state index contributed by atoms with van der Waals surface area (Å²) in [4.78, 5) is 0. The van der Waals surface area contributed by atoms with Gasteiger partial charge in [0.25, 0.3) is 0 Å². The van der Waals surface area contributed by atoms with E-state index in [1.165, 1.54) is 0 Å². The van der Waals surface area contributed by atoms with Gasteiger partial charge in [-0.3, -0.25) is 0 Å². The average molecular weight is 415 g/mol. The van der Waals surface area contributed by atoms with Crippen LogP contribution in [0, 0.1) is 46.3 Å². The molecule has 0 bridgehead atoms. The Morgan fingerprint density at radius 3 is 2.34 bits per heavy atom. The number of hydrogen-bond donors (Lipinski definition) is 3. The number of hydrogen-bond acceptors (Lipinski definition) is 3. The Kier molecular flexibility index (Phi) is 5.83. The van der Waals surface area contributed by atoms with E-state index >= 15 is 0 Å².